The minimum Gasteiger partial charge on any atom is -0.364 e. The molecular formula is C41H38N2. The Labute approximate surface area is 255 Å². The van der Waals surface area contributed by atoms with E-state index in [2.05, 4.69) is 139 Å². The third-order valence-electron chi connectivity index (χ3n) is 9.70. The van der Waals surface area contributed by atoms with E-state index in [1.165, 1.54) is 66.8 Å². The van der Waals surface area contributed by atoms with Gasteiger partial charge in [0.25, 0.3) is 0 Å². The summed E-state index contributed by atoms with van der Waals surface area (Å²) in [5.41, 5.74) is 13.6. The first-order chi connectivity index (χ1) is 21.3. The first kappa shape index (κ1) is 26.1. The largest absolute Gasteiger partial charge is 0.364 e. The fourth-order valence-electron chi connectivity index (χ4n) is 7.63. The first-order valence-electron chi connectivity index (χ1n) is 16.0. The van der Waals surface area contributed by atoms with Crippen LogP contribution in [0.25, 0.3) is 39.1 Å². The quantitative estimate of drug-likeness (QED) is 0.262. The van der Waals surface area contributed by atoms with Gasteiger partial charge in [-0.05, 0) is 106 Å². The van der Waals surface area contributed by atoms with E-state index in [0.717, 1.165) is 38.5 Å². The third-order valence-corrected chi connectivity index (χ3v) is 9.70. The molecule has 0 saturated carbocycles. The zero-order valence-electron chi connectivity index (χ0n) is 24.9. The van der Waals surface area contributed by atoms with E-state index >= 15 is 0 Å². The van der Waals surface area contributed by atoms with Gasteiger partial charge in [-0.3, -0.25) is 0 Å². The summed E-state index contributed by atoms with van der Waals surface area (Å²) in [5, 5.41) is 6.43. The summed E-state index contributed by atoms with van der Waals surface area (Å²) in [6, 6.07) is 27.8. The molecule has 2 atom stereocenters. The highest BCUT2D eigenvalue weighted by Crippen LogP contribution is 2.45. The van der Waals surface area contributed by atoms with Gasteiger partial charge in [-0.15, -0.1) is 0 Å². The number of fused-ring (bicyclic) bond motifs is 2. The predicted molar refractivity (Wildman–Crippen MR) is 183 cm³/mol. The Morgan fingerprint density at radius 1 is 0.744 bits per heavy atom. The molecule has 212 valence electrons. The lowest BCUT2D eigenvalue weighted by atomic mass is 9.80. The summed E-state index contributed by atoms with van der Waals surface area (Å²) >= 11 is 0. The molecule has 2 nitrogen and oxygen atoms in total. The molecule has 0 aromatic heterocycles. The topological polar surface area (TPSA) is 15.3 Å². The predicted octanol–water partition coefficient (Wildman–Crippen LogP) is 10.4. The second-order valence-corrected chi connectivity index (χ2v) is 12.2. The summed E-state index contributed by atoms with van der Waals surface area (Å²) in [5.74, 6) is 0.472. The molecule has 4 aromatic rings. The van der Waals surface area contributed by atoms with E-state index in [0.29, 0.717) is 12.1 Å². The van der Waals surface area contributed by atoms with E-state index in [1.807, 2.05) is 0 Å². The maximum absolute atomic E-state index is 3.75. The molecule has 0 amide bonds. The van der Waals surface area contributed by atoms with E-state index in [-0.39, 0.29) is 0 Å². The maximum Gasteiger partial charge on any atom is 0.103 e. The van der Waals surface area contributed by atoms with Crippen molar-refractivity contribution in [2.45, 2.75) is 57.5 Å². The average molecular weight is 559 g/mol. The van der Waals surface area contributed by atoms with Crippen molar-refractivity contribution in [1.82, 2.24) is 5.32 Å². The summed E-state index contributed by atoms with van der Waals surface area (Å²) in [6.45, 7) is 2.27. The number of anilines is 1. The third kappa shape index (κ3) is 4.48. The Balaban J connectivity index is 1.23. The molecular weight excluding hydrogens is 520 g/mol. The lowest BCUT2D eigenvalue weighted by Crippen LogP contribution is -2.36. The van der Waals surface area contributed by atoms with Crippen molar-refractivity contribution >= 4 is 22.5 Å². The van der Waals surface area contributed by atoms with Crippen molar-refractivity contribution in [3.63, 3.8) is 0 Å². The minimum atomic E-state index is 0.311. The number of allylic oxidation sites excluding steroid dienone is 8. The second kappa shape index (κ2) is 10.9. The van der Waals surface area contributed by atoms with Crippen LogP contribution in [0.2, 0.25) is 0 Å². The van der Waals surface area contributed by atoms with Crippen LogP contribution in [0.15, 0.2) is 127 Å². The van der Waals surface area contributed by atoms with Crippen molar-refractivity contribution in [1.29, 1.82) is 0 Å². The highest BCUT2D eigenvalue weighted by molar-refractivity contribution is 6.10. The summed E-state index contributed by atoms with van der Waals surface area (Å²) in [7, 11) is 0. The Bertz CT molecular complexity index is 1850. The number of nitrogens with one attached hydrogen (secondary N) is 1. The Morgan fingerprint density at radius 3 is 2.23 bits per heavy atom. The maximum atomic E-state index is 3.75. The van der Waals surface area contributed by atoms with E-state index in [1.54, 1.807) is 0 Å². The van der Waals surface area contributed by atoms with Crippen LogP contribution in [-0.2, 0) is 6.42 Å². The molecule has 0 saturated heterocycles. The molecule has 0 radical (unpaired) electrons. The van der Waals surface area contributed by atoms with Crippen molar-refractivity contribution in [2.75, 3.05) is 4.90 Å². The lowest BCUT2D eigenvalue weighted by molar-refractivity contribution is 0.588. The normalized spacial score (nSPS) is 20.4. The van der Waals surface area contributed by atoms with Crippen LogP contribution in [-0.4, -0.2) is 6.17 Å². The van der Waals surface area contributed by atoms with Crippen LogP contribution in [0.4, 0.5) is 5.69 Å². The number of hydrogen-bond donors (Lipinski definition) is 1. The van der Waals surface area contributed by atoms with Gasteiger partial charge in [0, 0.05) is 17.3 Å². The van der Waals surface area contributed by atoms with Gasteiger partial charge in [0.15, 0.2) is 0 Å². The molecule has 43 heavy (non-hydrogen) atoms. The molecule has 8 rings (SSSR count). The Kier molecular flexibility index (Phi) is 6.63. The van der Waals surface area contributed by atoms with Crippen LogP contribution in [0.1, 0.15) is 61.6 Å². The van der Waals surface area contributed by atoms with Gasteiger partial charge in [-0.25, -0.2) is 0 Å². The first-order valence-corrected chi connectivity index (χ1v) is 16.0. The number of benzene rings is 4. The van der Waals surface area contributed by atoms with Crippen LogP contribution in [0, 0.1) is 0 Å². The van der Waals surface area contributed by atoms with Crippen LogP contribution >= 0.6 is 0 Å². The number of nitrogens with zero attached hydrogens (tertiary/aromatic N) is 1. The van der Waals surface area contributed by atoms with Gasteiger partial charge in [0.2, 0.25) is 0 Å². The standard InChI is InChI=1S/C41H38N2/c1-2-39-42-37-18-10-11-19-38(37)43(39)32-26-24-31(25-27-32)41-35-16-8-6-14-33(35)40(34-15-7-9-17-36(34)41)30-22-20-29(21-23-30)28-12-4-3-5-13-28/h3-6,8-10,12,14,16-18,20-28,39,42H,2,7,11,13,15,19H2,1H3. The zero-order valence-corrected chi connectivity index (χ0v) is 24.9. The van der Waals surface area contributed by atoms with E-state index < -0.39 is 0 Å². The monoisotopic (exact) mass is 558 g/mol. The molecule has 1 aliphatic heterocycles. The zero-order chi connectivity index (χ0) is 28.8. The van der Waals surface area contributed by atoms with E-state index in [9.17, 15) is 0 Å². The molecule has 1 heterocycles. The highest BCUT2D eigenvalue weighted by atomic mass is 15.3. The Morgan fingerprint density at radius 2 is 1.47 bits per heavy atom. The lowest BCUT2D eigenvalue weighted by Gasteiger charge is -2.29. The van der Waals surface area contributed by atoms with Gasteiger partial charge in [-0.2, -0.15) is 0 Å². The van der Waals surface area contributed by atoms with Gasteiger partial charge >= 0.3 is 0 Å². The Hall–Kier alpha value is -4.56. The molecule has 0 spiro atoms. The second-order valence-electron chi connectivity index (χ2n) is 12.2. The molecule has 0 fully saturated rings. The molecule has 3 aliphatic carbocycles. The molecule has 4 aromatic carbocycles. The SMILES string of the molecule is CCC1NC2=C(CCC=C2)N1c1ccc(-c2c3c(c(-c4ccc(C5C=CC=CC5)cc4)c4ccccc24)CCC=C3)cc1. The molecule has 2 heteroatoms. The average Bonchev–Trinajstić information content (AvgIpc) is 3.47. The van der Waals surface area contributed by atoms with E-state index in [4.69, 9.17) is 0 Å². The minimum absolute atomic E-state index is 0.311. The number of hydrogen-bond acceptors (Lipinski definition) is 2. The van der Waals surface area contributed by atoms with Gasteiger partial charge in [-0.1, -0.05) is 110 Å². The van der Waals surface area contributed by atoms with Crippen LogP contribution < -0.4 is 10.2 Å². The summed E-state index contributed by atoms with van der Waals surface area (Å²) < 4.78 is 0. The van der Waals surface area contributed by atoms with Crippen molar-refractivity contribution in [2.24, 2.45) is 0 Å². The van der Waals surface area contributed by atoms with Crippen molar-refractivity contribution in [3.8, 4) is 22.3 Å². The number of rotatable bonds is 5. The molecule has 4 aliphatic rings. The molecule has 0 bridgehead atoms. The highest BCUT2D eigenvalue weighted by Gasteiger charge is 2.31. The van der Waals surface area contributed by atoms with Crippen molar-refractivity contribution in [3.05, 3.63) is 143 Å². The summed E-state index contributed by atoms with van der Waals surface area (Å²) in [4.78, 5) is 2.53. The van der Waals surface area contributed by atoms with Crippen LogP contribution in [0.3, 0.4) is 0 Å². The molecule has 1 N–H and O–H groups in total. The fraction of sp³-hybridized carbons (Fsp3) is 0.220. The fourth-order valence-corrected chi connectivity index (χ4v) is 7.63. The van der Waals surface area contributed by atoms with Gasteiger partial charge < -0.3 is 10.2 Å². The van der Waals surface area contributed by atoms with Gasteiger partial charge in [0.05, 0.1) is 5.70 Å². The van der Waals surface area contributed by atoms with Crippen molar-refractivity contribution < 1.29 is 0 Å². The molecule has 2 unspecified atom stereocenters. The van der Waals surface area contributed by atoms with Crippen LogP contribution in [0.5, 0.6) is 0 Å². The summed E-state index contributed by atoms with van der Waals surface area (Å²) in [6.07, 6.45) is 25.0. The van der Waals surface area contributed by atoms with Gasteiger partial charge in [0.1, 0.15) is 6.17 Å². The smallest absolute Gasteiger partial charge is 0.103 e.